The number of carbonyl (C=O) groups is 1. The Morgan fingerprint density at radius 1 is 1.32 bits per heavy atom. The molecule has 1 fully saturated rings. The minimum atomic E-state index is -0.698. The van der Waals surface area contributed by atoms with Crippen molar-refractivity contribution in [2.75, 3.05) is 6.54 Å². The molecule has 0 aliphatic heterocycles. The first kappa shape index (κ1) is 14.1. The van der Waals surface area contributed by atoms with Gasteiger partial charge in [-0.2, -0.15) is 0 Å². The number of aliphatic carboxylic acids is 1. The van der Waals surface area contributed by atoms with Crippen LogP contribution in [0.4, 0.5) is 0 Å². The number of benzene rings is 1. The van der Waals surface area contributed by atoms with E-state index < -0.39 is 5.97 Å². The number of hydrogen-bond acceptors (Lipinski definition) is 2. The van der Waals surface area contributed by atoms with E-state index in [4.69, 9.17) is 5.11 Å². The highest BCUT2D eigenvalue weighted by Gasteiger charge is 2.25. The van der Waals surface area contributed by atoms with E-state index in [9.17, 15) is 4.79 Å². The maximum atomic E-state index is 11.1. The van der Waals surface area contributed by atoms with Gasteiger partial charge in [0.15, 0.2) is 0 Å². The average molecular weight is 261 g/mol. The first-order valence-electron chi connectivity index (χ1n) is 7.17. The molecule has 19 heavy (non-hydrogen) atoms. The van der Waals surface area contributed by atoms with Crippen LogP contribution in [0.5, 0.6) is 0 Å². The maximum Gasteiger partial charge on any atom is 0.307 e. The zero-order valence-corrected chi connectivity index (χ0v) is 11.6. The van der Waals surface area contributed by atoms with Crippen molar-refractivity contribution < 1.29 is 9.90 Å². The Morgan fingerprint density at radius 2 is 1.95 bits per heavy atom. The van der Waals surface area contributed by atoms with Crippen LogP contribution in [0.3, 0.4) is 0 Å². The summed E-state index contributed by atoms with van der Waals surface area (Å²) >= 11 is 0. The molecule has 1 N–H and O–H groups in total. The third kappa shape index (κ3) is 4.06. The zero-order valence-electron chi connectivity index (χ0n) is 11.6. The van der Waals surface area contributed by atoms with E-state index in [1.165, 1.54) is 31.2 Å². The van der Waals surface area contributed by atoms with Gasteiger partial charge >= 0.3 is 5.97 Å². The Hall–Kier alpha value is -1.35. The van der Waals surface area contributed by atoms with Gasteiger partial charge in [-0.1, -0.05) is 50.1 Å². The van der Waals surface area contributed by atoms with Gasteiger partial charge in [0.2, 0.25) is 0 Å². The monoisotopic (exact) mass is 261 g/mol. The highest BCUT2D eigenvalue weighted by atomic mass is 16.4. The molecule has 0 aromatic heterocycles. The molecule has 0 heterocycles. The van der Waals surface area contributed by atoms with Crippen LogP contribution in [-0.4, -0.2) is 28.6 Å². The highest BCUT2D eigenvalue weighted by Crippen LogP contribution is 2.25. The number of carboxylic acid groups (broad SMARTS) is 1. The summed E-state index contributed by atoms with van der Waals surface area (Å²) < 4.78 is 0. The molecule has 1 aromatic carbocycles. The fourth-order valence-electron chi connectivity index (χ4n) is 2.86. The molecule has 0 bridgehead atoms. The Labute approximate surface area is 115 Å². The van der Waals surface area contributed by atoms with Crippen LogP contribution < -0.4 is 0 Å². The normalized spacial score (nSPS) is 17.8. The minimum absolute atomic E-state index is 0.302. The lowest BCUT2D eigenvalue weighted by atomic mass is 10.1. The van der Waals surface area contributed by atoms with Crippen molar-refractivity contribution in [3.05, 3.63) is 35.9 Å². The standard InChI is InChI=1S/C16H23NO2/c1-13(16(18)19)11-17(15-9-5-6-10-15)12-14-7-3-2-4-8-14/h2-4,7-8,13,15H,5-6,9-12H2,1H3,(H,18,19). The second kappa shape index (κ2) is 6.71. The van der Waals surface area contributed by atoms with Crippen molar-refractivity contribution in [3.63, 3.8) is 0 Å². The number of carboxylic acids is 1. The third-order valence-corrected chi connectivity index (χ3v) is 4.00. The summed E-state index contributed by atoms with van der Waals surface area (Å²) in [7, 11) is 0. The molecule has 1 atom stereocenters. The Balaban J connectivity index is 2.03. The predicted octanol–water partition coefficient (Wildman–Crippen LogP) is 3.15. The van der Waals surface area contributed by atoms with E-state index in [0.29, 0.717) is 12.6 Å². The predicted molar refractivity (Wildman–Crippen MR) is 75.9 cm³/mol. The summed E-state index contributed by atoms with van der Waals surface area (Å²) in [6, 6.07) is 10.9. The van der Waals surface area contributed by atoms with Crippen LogP contribution in [0.15, 0.2) is 30.3 Å². The van der Waals surface area contributed by atoms with Gasteiger partial charge in [-0.25, -0.2) is 0 Å². The Kier molecular flexibility index (Phi) is 4.97. The lowest BCUT2D eigenvalue weighted by molar-refractivity contribution is -0.142. The van der Waals surface area contributed by atoms with Gasteiger partial charge < -0.3 is 5.11 Å². The summed E-state index contributed by atoms with van der Waals surface area (Å²) in [5, 5.41) is 9.11. The van der Waals surface area contributed by atoms with E-state index in [2.05, 4.69) is 17.0 Å². The minimum Gasteiger partial charge on any atom is -0.481 e. The van der Waals surface area contributed by atoms with Gasteiger partial charge in [0.1, 0.15) is 0 Å². The van der Waals surface area contributed by atoms with Crippen LogP contribution in [0.2, 0.25) is 0 Å². The van der Waals surface area contributed by atoms with Gasteiger partial charge in [-0.05, 0) is 18.4 Å². The lowest BCUT2D eigenvalue weighted by Crippen LogP contribution is -2.38. The van der Waals surface area contributed by atoms with Crippen LogP contribution in [-0.2, 0) is 11.3 Å². The Morgan fingerprint density at radius 3 is 2.53 bits per heavy atom. The molecule has 1 aromatic rings. The molecule has 1 unspecified atom stereocenters. The highest BCUT2D eigenvalue weighted by molar-refractivity contribution is 5.69. The van der Waals surface area contributed by atoms with Crippen molar-refractivity contribution in [1.82, 2.24) is 4.90 Å². The third-order valence-electron chi connectivity index (χ3n) is 4.00. The van der Waals surface area contributed by atoms with Crippen LogP contribution in [0.25, 0.3) is 0 Å². The molecule has 0 spiro atoms. The van der Waals surface area contributed by atoms with Crippen LogP contribution in [0, 0.1) is 5.92 Å². The molecule has 0 radical (unpaired) electrons. The topological polar surface area (TPSA) is 40.5 Å². The molecule has 0 amide bonds. The van der Waals surface area contributed by atoms with Crippen molar-refractivity contribution in [1.29, 1.82) is 0 Å². The summed E-state index contributed by atoms with van der Waals surface area (Å²) in [5.41, 5.74) is 1.27. The van der Waals surface area contributed by atoms with Crippen molar-refractivity contribution in [2.45, 2.75) is 45.2 Å². The SMILES string of the molecule is CC(CN(Cc1ccccc1)C1CCCC1)C(=O)O. The van der Waals surface area contributed by atoms with Gasteiger partial charge in [-0.3, -0.25) is 9.69 Å². The molecule has 3 heteroatoms. The molecular formula is C16H23NO2. The number of nitrogens with zero attached hydrogens (tertiary/aromatic N) is 1. The molecule has 104 valence electrons. The lowest BCUT2D eigenvalue weighted by Gasteiger charge is -2.30. The molecule has 3 nitrogen and oxygen atoms in total. The summed E-state index contributed by atoms with van der Waals surface area (Å²) in [6.45, 7) is 3.31. The van der Waals surface area contributed by atoms with Crippen molar-refractivity contribution in [3.8, 4) is 0 Å². The van der Waals surface area contributed by atoms with Crippen LogP contribution >= 0.6 is 0 Å². The zero-order chi connectivity index (χ0) is 13.7. The molecule has 2 rings (SSSR count). The average Bonchev–Trinajstić information content (AvgIpc) is 2.92. The van der Waals surface area contributed by atoms with Crippen molar-refractivity contribution in [2.24, 2.45) is 5.92 Å². The Bertz CT molecular complexity index is 398. The fourth-order valence-corrected chi connectivity index (χ4v) is 2.86. The molecule has 1 saturated carbocycles. The summed E-state index contributed by atoms with van der Waals surface area (Å²) in [6.07, 6.45) is 4.97. The second-order valence-corrected chi connectivity index (χ2v) is 5.59. The fraction of sp³-hybridized carbons (Fsp3) is 0.562. The first-order valence-corrected chi connectivity index (χ1v) is 7.17. The largest absolute Gasteiger partial charge is 0.481 e. The molecule has 0 saturated heterocycles. The van der Waals surface area contributed by atoms with Gasteiger partial charge in [-0.15, -0.1) is 0 Å². The quantitative estimate of drug-likeness (QED) is 0.855. The summed E-state index contributed by atoms with van der Waals surface area (Å²) in [4.78, 5) is 13.4. The van der Waals surface area contributed by atoms with E-state index in [1.54, 1.807) is 6.92 Å². The van der Waals surface area contributed by atoms with Crippen LogP contribution in [0.1, 0.15) is 38.2 Å². The molecule has 1 aliphatic carbocycles. The van der Waals surface area contributed by atoms with Gasteiger partial charge in [0.05, 0.1) is 5.92 Å². The van der Waals surface area contributed by atoms with Gasteiger partial charge in [0, 0.05) is 19.1 Å². The summed E-state index contributed by atoms with van der Waals surface area (Å²) in [5.74, 6) is -1.000. The maximum absolute atomic E-state index is 11.1. The van der Waals surface area contributed by atoms with E-state index in [0.717, 1.165) is 6.54 Å². The first-order chi connectivity index (χ1) is 9.16. The van der Waals surface area contributed by atoms with Gasteiger partial charge in [0.25, 0.3) is 0 Å². The van der Waals surface area contributed by atoms with E-state index in [1.807, 2.05) is 18.2 Å². The molecular weight excluding hydrogens is 238 g/mol. The smallest absolute Gasteiger partial charge is 0.307 e. The second-order valence-electron chi connectivity index (χ2n) is 5.59. The van der Waals surface area contributed by atoms with E-state index in [-0.39, 0.29) is 5.92 Å². The van der Waals surface area contributed by atoms with Crippen molar-refractivity contribution >= 4 is 5.97 Å². The van der Waals surface area contributed by atoms with E-state index >= 15 is 0 Å². The molecule has 1 aliphatic rings. The number of rotatable bonds is 6. The number of hydrogen-bond donors (Lipinski definition) is 1.